The van der Waals surface area contributed by atoms with Crippen LogP contribution in [0.3, 0.4) is 0 Å². The number of likely N-dealkylation sites (tertiary alicyclic amines) is 1. The van der Waals surface area contributed by atoms with Gasteiger partial charge in [0, 0.05) is 18.7 Å². The minimum absolute atomic E-state index is 0.118. The first kappa shape index (κ1) is 15.0. The van der Waals surface area contributed by atoms with Crippen molar-refractivity contribution in [3.05, 3.63) is 29.8 Å². The number of aryl methyl sites for hydroxylation is 1. The Kier molecular flexibility index (Phi) is 5.60. The number of carbonyl (C=O) groups excluding carboxylic acids is 1. The maximum absolute atomic E-state index is 11.9. The average molecular weight is 274 g/mol. The molecule has 3 heteroatoms. The average Bonchev–Trinajstić information content (AvgIpc) is 2.47. The lowest BCUT2D eigenvalue weighted by molar-refractivity contribution is -0.116. The van der Waals surface area contributed by atoms with Gasteiger partial charge in [0.1, 0.15) is 0 Å². The minimum Gasteiger partial charge on any atom is -0.326 e. The van der Waals surface area contributed by atoms with Gasteiger partial charge in [-0.2, -0.15) is 0 Å². The van der Waals surface area contributed by atoms with Gasteiger partial charge in [0.05, 0.1) is 0 Å². The van der Waals surface area contributed by atoms with Crippen molar-refractivity contribution in [1.82, 2.24) is 4.90 Å². The monoisotopic (exact) mass is 274 g/mol. The van der Waals surface area contributed by atoms with E-state index in [0.29, 0.717) is 6.42 Å². The van der Waals surface area contributed by atoms with Crippen LogP contribution < -0.4 is 5.32 Å². The third kappa shape index (κ3) is 4.64. The number of piperidine rings is 1. The van der Waals surface area contributed by atoms with Gasteiger partial charge in [0.15, 0.2) is 0 Å². The summed E-state index contributed by atoms with van der Waals surface area (Å²) in [5, 5.41) is 2.98. The second-order valence-electron chi connectivity index (χ2n) is 5.87. The molecule has 0 aliphatic carbocycles. The number of amides is 1. The van der Waals surface area contributed by atoms with Crippen LogP contribution in [0.2, 0.25) is 0 Å². The summed E-state index contributed by atoms with van der Waals surface area (Å²) in [6, 6.07) is 8.11. The fourth-order valence-electron chi connectivity index (χ4n) is 2.59. The molecule has 0 bridgehead atoms. The van der Waals surface area contributed by atoms with Gasteiger partial charge in [-0.05, 0) is 56.0 Å². The van der Waals surface area contributed by atoms with E-state index in [1.165, 1.54) is 18.4 Å². The Morgan fingerprint density at radius 1 is 1.25 bits per heavy atom. The molecule has 3 nitrogen and oxygen atoms in total. The van der Waals surface area contributed by atoms with E-state index >= 15 is 0 Å². The number of benzene rings is 1. The lowest BCUT2D eigenvalue weighted by Gasteiger charge is -2.29. The Morgan fingerprint density at radius 2 is 1.90 bits per heavy atom. The van der Waals surface area contributed by atoms with E-state index in [2.05, 4.69) is 36.2 Å². The van der Waals surface area contributed by atoms with E-state index in [0.717, 1.165) is 37.7 Å². The zero-order chi connectivity index (χ0) is 14.4. The molecule has 0 unspecified atom stereocenters. The highest BCUT2D eigenvalue weighted by Gasteiger charge is 2.16. The number of hydrogen-bond acceptors (Lipinski definition) is 2. The third-order valence-electron chi connectivity index (χ3n) is 4.18. The summed E-state index contributed by atoms with van der Waals surface area (Å²) in [6.45, 7) is 7.60. The minimum atomic E-state index is 0.118. The van der Waals surface area contributed by atoms with Crippen molar-refractivity contribution in [2.24, 2.45) is 5.92 Å². The maximum atomic E-state index is 11.9. The summed E-state index contributed by atoms with van der Waals surface area (Å²) >= 11 is 0. The first-order valence-corrected chi connectivity index (χ1v) is 7.78. The van der Waals surface area contributed by atoms with Crippen LogP contribution in [0.5, 0.6) is 0 Å². The smallest absolute Gasteiger partial charge is 0.225 e. The molecule has 0 saturated carbocycles. The molecule has 1 saturated heterocycles. The third-order valence-corrected chi connectivity index (χ3v) is 4.18. The molecule has 1 aliphatic heterocycles. The number of nitrogens with zero attached hydrogens (tertiary/aromatic N) is 1. The van der Waals surface area contributed by atoms with Gasteiger partial charge in [-0.15, -0.1) is 0 Å². The van der Waals surface area contributed by atoms with Gasteiger partial charge in [-0.25, -0.2) is 0 Å². The van der Waals surface area contributed by atoms with Crippen molar-refractivity contribution in [2.75, 3.05) is 25.0 Å². The lowest BCUT2D eigenvalue weighted by atomic mass is 9.99. The topological polar surface area (TPSA) is 32.3 Å². The quantitative estimate of drug-likeness (QED) is 0.893. The van der Waals surface area contributed by atoms with Crippen molar-refractivity contribution >= 4 is 11.6 Å². The van der Waals surface area contributed by atoms with Crippen LogP contribution in [0.15, 0.2) is 24.3 Å². The summed E-state index contributed by atoms with van der Waals surface area (Å²) in [6.07, 6.45) is 4.14. The Morgan fingerprint density at radius 3 is 2.50 bits per heavy atom. The van der Waals surface area contributed by atoms with Crippen LogP contribution in [-0.4, -0.2) is 30.4 Å². The normalized spacial score (nSPS) is 17.1. The second-order valence-corrected chi connectivity index (χ2v) is 5.87. The molecule has 0 atom stereocenters. The van der Waals surface area contributed by atoms with Gasteiger partial charge < -0.3 is 10.2 Å². The number of rotatable bonds is 5. The molecule has 1 heterocycles. The first-order valence-electron chi connectivity index (χ1n) is 7.78. The molecule has 2 rings (SSSR count). The van der Waals surface area contributed by atoms with Crippen LogP contribution in [-0.2, 0) is 11.2 Å². The molecular formula is C17H26N2O. The van der Waals surface area contributed by atoms with Crippen molar-refractivity contribution in [2.45, 2.75) is 39.5 Å². The number of anilines is 1. The van der Waals surface area contributed by atoms with Gasteiger partial charge >= 0.3 is 0 Å². The highest BCUT2D eigenvalue weighted by atomic mass is 16.1. The largest absolute Gasteiger partial charge is 0.326 e. The fourth-order valence-corrected chi connectivity index (χ4v) is 2.59. The van der Waals surface area contributed by atoms with Gasteiger partial charge in [-0.3, -0.25) is 4.79 Å². The molecule has 20 heavy (non-hydrogen) atoms. The number of nitrogens with one attached hydrogen (secondary N) is 1. The molecule has 1 amide bonds. The zero-order valence-corrected chi connectivity index (χ0v) is 12.7. The van der Waals surface area contributed by atoms with E-state index in [1.54, 1.807) is 0 Å². The summed E-state index contributed by atoms with van der Waals surface area (Å²) in [7, 11) is 0. The van der Waals surface area contributed by atoms with Crippen molar-refractivity contribution in [3.63, 3.8) is 0 Å². The van der Waals surface area contributed by atoms with Crippen LogP contribution >= 0.6 is 0 Å². The van der Waals surface area contributed by atoms with Gasteiger partial charge in [-0.1, -0.05) is 26.0 Å². The van der Waals surface area contributed by atoms with Crippen molar-refractivity contribution < 1.29 is 4.79 Å². The second kappa shape index (κ2) is 7.44. The summed E-state index contributed by atoms with van der Waals surface area (Å²) in [4.78, 5) is 14.3. The van der Waals surface area contributed by atoms with Crippen LogP contribution in [0.4, 0.5) is 5.69 Å². The predicted octanol–water partition coefficient (Wildman–Crippen LogP) is 3.31. The van der Waals surface area contributed by atoms with E-state index in [4.69, 9.17) is 0 Å². The van der Waals surface area contributed by atoms with Crippen molar-refractivity contribution in [3.8, 4) is 0 Å². The first-order chi connectivity index (χ1) is 9.67. The van der Waals surface area contributed by atoms with Crippen LogP contribution in [0.25, 0.3) is 0 Å². The van der Waals surface area contributed by atoms with E-state index in [1.807, 2.05) is 12.1 Å². The van der Waals surface area contributed by atoms with Gasteiger partial charge in [0.25, 0.3) is 0 Å². The highest BCUT2D eigenvalue weighted by Crippen LogP contribution is 2.16. The zero-order valence-electron chi connectivity index (χ0n) is 12.7. The molecule has 1 fully saturated rings. The Balaban J connectivity index is 1.72. The molecule has 0 radical (unpaired) electrons. The molecule has 1 aromatic rings. The molecule has 1 aromatic carbocycles. The molecule has 0 spiro atoms. The van der Waals surface area contributed by atoms with Crippen LogP contribution in [0.1, 0.15) is 38.7 Å². The molecular weight excluding hydrogens is 248 g/mol. The molecule has 1 aliphatic rings. The number of hydrogen-bond donors (Lipinski definition) is 1. The van der Waals surface area contributed by atoms with E-state index in [-0.39, 0.29) is 5.91 Å². The standard InChI is InChI=1S/C17H26N2O/c1-3-15-4-6-16(7-5-15)18-17(20)10-13-19-11-8-14(2)9-12-19/h4-7,14H,3,8-13H2,1-2H3,(H,18,20). The van der Waals surface area contributed by atoms with E-state index in [9.17, 15) is 4.79 Å². The van der Waals surface area contributed by atoms with Gasteiger partial charge in [0.2, 0.25) is 5.91 Å². The van der Waals surface area contributed by atoms with Crippen LogP contribution in [0, 0.1) is 5.92 Å². The molecule has 0 aromatic heterocycles. The molecule has 110 valence electrons. The maximum Gasteiger partial charge on any atom is 0.225 e. The summed E-state index contributed by atoms with van der Waals surface area (Å²) < 4.78 is 0. The summed E-state index contributed by atoms with van der Waals surface area (Å²) in [5.74, 6) is 0.963. The SMILES string of the molecule is CCc1ccc(NC(=O)CCN2CCC(C)CC2)cc1. The Labute approximate surface area is 122 Å². The molecule has 1 N–H and O–H groups in total. The highest BCUT2D eigenvalue weighted by molar-refractivity contribution is 5.90. The Bertz CT molecular complexity index is 419. The predicted molar refractivity (Wildman–Crippen MR) is 83.9 cm³/mol. The van der Waals surface area contributed by atoms with Crippen molar-refractivity contribution in [1.29, 1.82) is 0 Å². The number of carbonyl (C=O) groups is 1. The fraction of sp³-hybridized carbons (Fsp3) is 0.588. The Hall–Kier alpha value is -1.35. The van der Waals surface area contributed by atoms with E-state index < -0.39 is 0 Å². The lowest BCUT2D eigenvalue weighted by Crippen LogP contribution is -2.35. The summed E-state index contributed by atoms with van der Waals surface area (Å²) in [5.41, 5.74) is 2.20.